The molecular formula is C14H26N2O4. The molecular weight excluding hydrogens is 260 g/mol. The Bertz CT molecular complexity index is 321. The molecule has 1 rings (SSSR count). The Morgan fingerprint density at radius 1 is 1.35 bits per heavy atom. The second-order valence-electron chi connectivity index (χ2n) is 5.53. The molecule has 0 saturated carbocycles. The number of hydrogen-bond donors (Lipinski definition) is 2. The van der Waals surface area contributed by atoms with Gasteiger partial charge in [0, 0.05) is 26.1 Å². The van der Waals surface area contributed by atoms with Gasteiger partial charge in [-0.15, -0.1) is 0 Å². The number of amides is 1. The van der Waals surface area contributed by atoms with Crippen LogP contribution in [0.25, 0.3) is 0 Å². The topological polar surface area (TPSA) is 78.9 Å². The number of esters is 1. The number of nitrogens with one attached hydrogen (secondary N) is 1. The summed E-state index contributed by atoms with van der Waals surface area (Å²) in [5.74, 6) is -0.254. The number of piperidine rings is 1. The van der Waals surface area contributed by atoms with Crippen molar-refractivity contribution in [1.82, 2.24) is 10.2 Å². The number of hydrogen-bond acceptors (Lipinski definition) is 5. The molecule has 1 aliphatic heterocycles. The van der Waals surface area contributed by atoms with Crippen LogP contribution in [0.2, 0.25) is 0 Å². The molecule has 20 heavy (non-hydrogen) atoms. The Labute approximate surface area is 120 Å². The standard InChI is InChI=1S/C14H26N2O4/c1-3-20-13(18)5-4-8-15-12(17)11-16-9-6-14(2,19)7-10-16/h19H,3-11H2,1-2H3,(H,15,17). The van der Waals surface area contributed by atoms with E-state index in [2.05, 4.69) is 5.32 Å². The summed E-state index contributed by atoms with van der Waals surface area (Å²) in [4.78, 5) is 24.9. The van der Waals surface area contributed by atoms with Gasteiger partial charge in [-0.25, -0.2) is 0 Å². The first-order chi connectivity index (χ1) is 9.43. The third-order valence-electron chi connectivity index (χ3n) is 3.49. The molecule has 0 aromatic carbocycles. The molecule has 1 heterocycles. The summed E-state index contributed by atoms with van der Waals surface area (Å²) in [6.45, 7) is 6.32. The van der Waals surface area contributed by atoms with Gasteiger partial charge in [0.25, 0.3) is 0 Å². The smallest absolute Gasteiger partial charge is 0.305 e. The van der Waals surface area contributed by atoms with E-state index in [9.17, 15) is 14.7 Å². The molecule has 0 aromatic rings. The van der Waals surface area contributed by atoms with Crippen LogP contribution in [-0.2, 0) is 14.3 Å². The van der Waals surface area contributed by atoms with Gasteiger partial charge in [0.1, 0.15) is 0 Å². The first-order valence-electron chi connectivity index (χ1n) is 7.30. The largest absolute Gasteiger partial charge is 0.466 e. The monoisotopic (exact) mass is 286 g/mol. The average Bonchev–Trinajstić information content (AvgIpc) is 2.38. The number of ether oxygens (including phenoxy) is 1. The van der Waals surface area contributed by atoms with Crippen LogP contribution in [0.3, 0.4) is 0 Å². The Morgan fingerprint density at radius 2 is 2.00 bits per heavy atom. The summed E-state index contributed by atoms with van der Waals surface area (Å²) in [5, 5.41) is 12.6. The molecule has 0 radical (unpaired) electrons. The Morgan fingerprint density at radius 3 is 2.60 bits per heavy atom. The lowest BCUT2D eigenvalue weighted by molar-refractivity contribution is -0.143. The molecule has 0 bridgehead atoms. The van der Waals surface area contributed by atoms with Crippen molar-refractivity contribution in [3.8, 4) is 0 Å². The number of carbonyl (C=O) groups is 2. The highest BCUT2D eigenvalue weighted by molar-refractivity contribution is 5.78. The van der Waals surface area contributed by atoms with Crippen molar-refractivity contribution < 1.29 is 19.4 Å². The summed E-state index contributed by atoms with van der Waals surface area (Å²) in [7, 11) is 0. The van der Waals surface area contributed by atoms with Crippen LogP contribution in [0.15, 0.2) is 0 Å². The molecule has 116 valence electrons. The third-order valence-corrected chi connectivity index (χ3v) is 3.49. The first kappa shape index (κ1) is 16.9. The van der Waals surface area contributed by atoms with E-state index in [1.165, 1.54) is 0 Å². The lowest BCUT2D eigenvalue weighted by Gasteiger charge is -2.35. The van der Waals surface area contributed by atoms with Crippen molar-refractivity contribution in [2.45, 2.75) is 45.1 Å². The lowest BCUT2D eigenvalue weighted by atomic mass is 9.94. The van der Waals surface area contributed by atoms with Crippen molar-refractivity contribution in [2.24, 2.45) is 0 Å². The zero-order valence-electron chi connectivity index (χ0n) is 12.5. The molecule has 6 heteroatoms. The minimum Gasteiger partial charge on any atom is -0.466 e. The van der Waals surface area contributed by atoms with Gasteiger partial charge < -0.3 is 15.2 Å². The predicted octanol–water partition coefficient (Wildman–Crippen LogP) is 0.293. The van der Waals surface area contributed by atoms with Crippen LogP contribution < -0.4 is 5.32 Å². The molecule has 0 atom stereocenters. The van der Waals surface area contributed by atoms with Gasteiger partial charge in [0.2, 0.25) is 5.91 Å². The van der Waals surface area contributed by atoms with Gasteiger partial charge in [0.15, 0.2) is 0 Å². The van der Waals surface area contributed by atoms with E-state index in [4.69, 9.17) is 4.74 Å². The minimum absolute atomic E-state index is 0.0320. The Balaban J connectivity index is 2.08. The molecule has 0 spiro atoms. The van der Waals surface area contributed by atoms with E-state index in [0.29, 0.717) is 45.4 Å². The summed E-state index contributed by atoms with van der Waals surface area (Å²) in [5.41, 5.74) is -0.591. The van der Waals surface area contributed by atoms with Crippen molar-refractivity contribution in [1.29, 1.82) is 0 Å². The average molecular weight is 286 g/mol. The number of rotatable bonds is 7. The molecule has 6 nitrogen and oxygen atoms in total. The van der Waals surface area contributed by atoms with E-state index in [1.54, 1.807) is 6.92 Å². The van der Waals surface area contributed by atoms with E-state index in [0.717, 1.165) is 13.1 Å². The van der Waals surface area contributed by atoms with E-state index in [-0.39, 0.29) is 11.9 Å². The van der Waals surface area contributed by atoms with Gasteiger partial charge in [-0.05, 0) is 33.1 Å². The van der Waals surface area contributed by atoms with E-state index in [1.807, 2.05) is 11.8 Å². The number of nitrogens with zero attached hydrogens (tertiary/aromatic N) is 1. The highest BCUT2D eigenvalue weighted by Crippen LogP contribution is 2.20. The van der Waals surface area contributed by atoms with Crippen LogP contribution in [0.1, 0.15) is 39.5 Å². The van der Waals surface area contributed by atoms with Crippen molar-refractivity contribution in [3.05, 3.63) is 0 Å². The molecule has 1 saturated heterocycles. The molecule has 0 aliphatic carbocycles. The van der Waals surface area contributed by atoms with Crippen LogP contribution in [0.5, 0.6) is 0 Å². The maximum atomic E-state index is 11.7. The van der Waals surface area contributed by atoms with Crippen molar-refractivity contribution >= 4 is 11.9 Å². The summed E-state index contributed by atoms with van der Waals surface area (Å²) in [6.07, 6.45) is 2.33. The van der Waals surface area contributed by atoms with Crippen LogP contribution in [0.4, 0.5) is 0 Å². The number of aliphatic hydroxyl groups is 1. The summed E-state index contributed by atoms with van der Waals surface area (Å²) < 4.78 is 4.81. The van der Waals surface area contributed by atoms with Gasteiger partial charge in [-0.2, -0.15) is 0 Å². The second kappa shape index (κ2) is 8.21. The summed E-state index contributed by atoms with van der Waals surface area (Å²) >= 11 is 0. The highest BCUT2D eigenvalue weighted by atomic mass is 16.5. The lowest BCUT2D eigenvalue weighted by Crippen LogP contribution is -2.46. The molecule has 0 aromatic heterocycles. The van der Waals surface area contributed by atoms with Gasteiger partial charge >= 0.3 is 5.97 Å². The quantitative estimate of drug-likeness (QED) is 0.519. The third kappa shape index (κ3) is 6.86. The van der Waals surface area contributed by atoms with Gasteiger partial charge in [-0.1, -0.05) is 0 Å². The zero-order valence-corrected chi connectivity index (χ0v) is 12.5. The van der Waals surface area contributed by atoms with Crippen molar-refractivity contribution in [2.75, 3.05) is 32.8 Å². The maximum absolute atomic E-state index is 11.7. The molecule has 0 unspecified atom stereocenters. The Kier molecular flexibility index (Phi) is 6.95. The van der Waals surface area contributed by atoms with E-state index >= 15 is 0 Å². The number of likely N-dealkylation sites (tertiary alicyclic amines) is 1. The molecule has 1 fully saturated rings. The fourth-order valence-corrected chi connectivity index (χ4v) is 2.15. The first-order valence-corrected chi connectivity index (χ1v) is 7.30. The minimum atomic E-state index is -0.591. The summed E-state index contributed by atoms with van der Waals surface area (Å²) in [6, 6.07) is 0. The predicted molar refractivity (Wildman–Crippen MR) is 75.2 cm³/mol. The zero-order chi connectivity index (χ0) is 15.0. The highest BCUT2D eigenvalue weighted by Gasteiger charge is 2.27. The van der Waals surface area contributed by atoms with Crippen molar-refractivity contribution in [3.63, 3.8) is 0 Å². The Hall–Kier alpha value is -1.14. The van der Waals surface area contributed by atoms with Crippen LogP contribution in [0, 0.1) is 0 Å². The second-order valence-corrected chi connectivity index (χ2v) is 5.53. The van der Waals surface area contributed by atoms with E-state index < -0.39 is 5.60 Å². The fraction of sp³-hybridized carbons (Fsp3) is 0.857. The fourth-order valence-electron chi connectivity index (χ4n) is 2.15. The SMILES string of the molecule is CCOC(=O)CCCNC(=O)CN1CCC(C)(O)CC1. The molecule has 2 N–H and O–H groups in total. The van der Waals surface area contributed by atoms with Gasteiger partial charge in [0.05, 0.1) is 18.8 Å². The molecule has 1 aliphatic rings. The van der Waals surface area contributed by atoms with Gasteiger partial charge in [-0.3, -0.25) is 14.5 Å². The number of carbonyl (C=O) groups excluding carboxylic acids is 2. The van der Waals surface area contributed by atoms with Crippen LogP contribution in [-0.4, -0.2) is 60.3 Å². The van der Waals surface area contributed by atoms with Crippen LogP contribution >= 0.6 is 0 Å². The molecule has 1 amide bonds. The normalized spacial score (nSPS) is 18.6. The maximum Gasteiger partial charge on any atom is 0.305 e.